The Morgan fingerprint density at radius 3 is 0.967 bits per heavy atom. The zero-order valence-corrected chi connectivity index (χ0v) is 17.7. The van der Waals surface area contributed by atoms with Crippen molar-refractivity contribution in [3.8, 4) is 34.1 Å². The molecule has 0 fully saturated rings. The third-order valence-electron chi connectivity index (χ3n) is 4.77. The van der Waals surface area contributed by atoms with E-state index in [9.17, 15) is 0 Å². The summed E-state index contributed by atoms with van der Waals surface area (Å²) >= 11 is 0. The van der Waals surface area contributed by atoms with Gasteiger partial charge in [-0.05, 0) is 70.4 Å². The number of hydrogen-bond acceptors (Lipinski definition) is 4. The molecule has 0 aliphatic rings. The van der Waals surface area contributed by atoms with Gasteiger partial charge in [-0.1, -0.05) is 36.4 Å². The molecule has 30 heavy (non-hydrogen) atoms. The van der Waals surface area contributed by atoms with E-state index < -0.39 is 0 Å². The van der Waals surface area contributed by atoms with Crippen molar-refractivity contribution in [2.75, 3.05) is 28.4 Å². The molecule has 0 aliphatic heterocycles. The standard InChI is InChI=1S/C14H14O2.C12H12O2/c1-15-13-7-3-11(4-8-13)12-5-9-14(16-2)10-6-12;1-13-11-5-3-10-8-12(14-2)6-4-9(10)7-11/h3-10H,1-2H3;3-8H,1-2H3. The van der Waals surface area contributed by atoms with E-state index in [0.29, 0.717) is 0 Å². The van der Waals surface area contributed by atoms with E-state index >= 15 is 0 Å². The maximum absolute atomic E-state index is 5.15. The van der Waals surface area contributed by atoms with Crippen LogP contribution in [0.4, 0.5) is 0 Å². The summed E-state index contributed by atoms with van der Waals surface area (Å²) in [6.45, 7) is 0. The molecule has 0 radical (unpaired) electrons. The first-order valence-electron chi connectivity index (χ1n) is 9.57. The Morgan fingerprint density at radius 2 is 0.667 bits per heavy atom. The van der Waals surface area contributed by atoms with Crippen LogP contribution in [0.15, 0.2) is 84.9 Å². The molecule has 4 aromatic carbocycles. The van der Waals surface area contributed by atoms with Gasteiger partial charge in [-0.2, -0.15) is 0 Å². The highest BCUT2D eigenvalue weighted by Gasteiger charge is 1.99. The van der Waals surface area contributed by atoms with Crippen molar-refractivity contribution in [1.82, 2.24) is 0 Å². The molecule has 0 aliphatic carbocycles. The Bertz CT molecular complexity index is 982. The van der Waals surface area contributed by atoms with Gasteiger partial charge < -0.3 is 18.9 Å². The molecule has 154 valence electrons. The van der Waals surface area contributed by atoms with Gasteiger partial charge >= 0.3 is 0 Å². The van der Waals surface area contributed by atoms with Crippen LogP contribution in [0.1, 0.15) is 0 Å². The van der Waals surface area contributed by atoms with Crippen molar-refractivity contribution in [2.45, 2.75) is 0 Å². The fourth-order valence-electron chi connectivity index (χ4n) is 3.02. The smallest absolute Gasteiger partial charge is 0.119 e. The van der Waals surface area contributed by atoms with Crippen molar-refractivity contribution in [1.29, 1.82) is 0 Å². The Balaban J connectivity index is 0.000000172. The van der Waals surface area contributed by atoms with Crippen LogP contribution in [0.25, 0.3) is 21.9 Å². The first kappa shape index (κ1) is 21.1. The van der Waals surface area contributed by atoms with Crippen LogP contribution in [0.2, 0.25) is 0 Å². The Hall–Kier alpha value is -3.66. The summed E-state index contributed by atoms with van der Waals surface area (Å²) in [6.07, 6.45) is 0. The molecule has 0 unspecified atom stereocenters. The Morgan fingerprint density at radius 1 is 0.367 bits per heavy atom. The monoisotopic (exact) mass is 402 g/mol. The van der Waals surface area contributed by atoms with Gasteiger partial charge in [-0.25, -0.2) is 0 Å². The summed E-state index contributed by atoms with van der Waals surface area (Å²) in [5, 5.41) is 2.32. The molecule has 0 heterocycles. The summed E-state index contributed by atoms with van der Waals surface area (Å²) in [4.78, 5) is 0. The van der Waals surface area contributed by atoms with Crippen molar-refractivity contribution in [3.05, 3.63) is 84.9 Å². The van der Waals surface area contributed by atoms with E-state index in [1.807, 2.05) is 84.9 Å². The van der Waals surface area contributed by atoms with Gasteiger partial charge in [0.05, 0.1) is 28.4 Å². The third-order valence-corrected chi connectivity index (χ3v) is 4.77. The SMILES string of the molecule is COc1ccc(-c2ccc(OC)cc2)cc1.COc1ccc2cc(OC)ccc2c1. The molecule has 4 heteroatoms. The summed E-state index contributed by atoms with van der Waals surface area (Å²) in [6, 6.07) is 28.0. The first-order chi connectivity index (χ1) is 14.7. The predicted molar refractivity (Wildman–Crippen MR) is 122 cm³/mol. The lowest BCUT2D eigenvalue weighted by molar-refractivity contribution is 0.414. The van der Waals surface area contributed by atoms with Crippen LogP contribution < -0.4 is 18.9 Å². The zero-order chi connectivity index (χ0) is 21.3. The predicted octanol–water partition coefficient (Wildman–Crippen LogP) is 6.23. The fraction of sp³-hybridized carbons (Fsp3) is 0.154. The summed E-state index contributed by atoms with van der Waals surface area (Å²) in [5.74, 6) is 3.50. The van der Waals surface area contributed by atoms with Crippen molar-refractivity contribution >= 4 is 10.8 Å². The number of fused-ring (bicyclic) bond motifs is 1. The van der Waals surface area contributed by atoms with Gasteiger partial charge in [0.1, 0.15) is 23.0 Å². The Kier molecular flexibility index (Phi) is 7.17. The molecular formula is C26H26O4. The second-order valence-corrected chi connectivity index (χ2v) is 6.54. The highest BCUT2D eigenvalue weighted by Crippen LogP contribution is 2.25. The Labute approximate surface area is 177 Å². The lowest BCUT2D eigenvalue weighted by Crippen LogP contribution is -1.84. The van der Waals surface area contributed by atoms with Crippen molar-refractivity contribution in [2.24, 2.45) is 0 Å². The molecule has 0 aromatic heterocycles. The zero-order valence-electron chi connectivity index (χ0n) is 17.7. The topological polar surface area (TPSA) is 36.9 Å². The number of rotatable bonds is 5. The van der Waals surface area contributed by atoms with E-state index in [1.165, 1.54) is 11.1 Å². The van der Waals surface area contributed by atoms with Crippen LogP contribution in [0.5, 0.6) is 23.0 Å². The first-order valence-corrected chi connectivity index (χ1v) is 9.57. The molecule has 0 saturated carbocycles. The van der Waals surface area contributed by atoms with Crippen molar-refractivity contribution < 1.29 is 18.9 Å². The van der Waals surface area contributed by atoms with Crippen LogP contribution in [0.3, 0.4) is 0 Å². The van der Waals surface area contributed by atoms with Gasteiger partial charge in [0.2, 0.25) is 0 Å². The van der Waals surface area contributed by atoms with Crippen LogP contribution >= 0.6 is 0 Å². The molecule has 0 N–H and O–H groups in total. The van der Waals surface area contributed by atoms with E-state index in [0.717, 1.165) is 33.8 Å². The maximum Gasteiger partial charge on any atom is 0.119 e. The summed E-state index contributed by atoms with van der Waals surface area (Å²) in [7, 11) is 6.68. The molecule has 0 saturated heterocycles. The van der Waals surface area contributed by atoms with E-state index in [1.54, 1.807) is 28.4 Å². The molecular weight excluding hydrogens is 376 g/mol. The van der Waals surface area contributed by atoms with Gasteiger partial charge in [-0.15, -0.1) is 0 Å². The maximum atomic E-state index is 5.15. The van der Waals surface area contributed by atoms with Crippen LogP contribution in [-0.4, -0.2) is 28.4 Å². The second-order valence-electron chi connectivity index (χ2n) is 6.54. The lowest BCUT2D eigenvalue weighted by atomic mass is 10.1. The van der Waals surface area contributed by atoms with E-state index in [-0.39, 0.29) is 0 Å². The quantitative estimate of drug-likeness (QED) is 0.397. The number of methoxy groups -OCH3 is 4. The molecule has 0 atom stereocenters. The van der Waals surface area contributed by atoms with Crippen LogP contribution in [-0.2, 0) is 0 Å². The second kappa shape index (κ2) is 10.2. The van der Waals surface area contributed by atoms with Crippen molar-refractivity contribution in [3.63, 3.8) is 0 Å². The largest absolute Gasteiger partial charge is 0.497 e. The third kappa shape index (κ3) is 5.23. The number of benzene rings is 4. The minimum Gasteiger partial charge on any atom is -0.497 e. The summed E-state index contributed by atoms with van der Waals surface area (Å²) in [5.41, 5.74) is 2.34. The van der Waals surface area contributed by atoms with Gasteiger partial charge in [0.25, 0.3) is 0 Å². The molecule has 0 amide bonds. The molecule has 4 rings (SSSR count). The highest BCUT2D eigenvalue weighted by atomic mass is 16.5. The molecule has 0 spiro atoms. The van der Waals surface area contributed by atoms with Gasteiger partial charge in [0.15, 0.2) is 0 Å². The minimum atomic E-state index is 0.872. The van der Waals surface area contributed by atoms with Gasteiger partial charge in [-0.3, -0.25) is 0 Å². The molecule has 4 aromatic rings. The van der Waals surface area contributed by atoms with Crippen LogP contribution in [0, 0.1) is 0 Å². The number of ether oxygens (including phenoxy) is 4. The van der Waals surface area contributed by atoms with E-state index in [2.05, 4.69) is 0 Å². The molecule has 0 bridgehead atoms. The number of hydrogen-bond donors (Lipinski definition) is 0. The fourth-order valence-corrected chi connectivity index (χ4v) is 3.02. The highest BCUT2D eigenvalue weighted by molar-refractivity contribution is 5.85. The normalized spacial score (nSPS) is 10.0. The van der Waals surface area contributed by atoms with E-state index in [4.69, 9.17) is 18.9 Å². The minimum absolute atomic E-state index is 0.872. The average Bonchev–Trinajstić information content (AvgIpc) is 2.83. The molecule has 4 nitrogen and oxygen atoms in total. The summed E-state index contributed by atoms with van der Waals surface area (Å²) < 4.78 is 20.5. The lowest BCUT2D eigenvalue weighted by Gasteiger charge is -2.05. The average molecular weight is 402 g/mol. The van der Waals surface area contributed by atoms with Gasteiger partial charge in [0, 0.05) is 0 Å².